The Kier molecular flexibility index (Phi) is 24.6. The topological polar surface area (TPSA) is 29.5 Å². The number of carbonyl (C=O) groups excluding carboxylic acids is 1. The summed E-state index contributed by atoms with van der Waals surface area (Å²) in [5.41, 5.74) is 0. The molecule has 0 amide bonds. The number of nitrogens with zero attached hydrogens (tertiary/aromatic N) is 1. The van der Waals surface area contributed by atoms with Crippen LogP contribution in [0.5, 0.6) is 0 Å². The predicted octanol–water partition coefficient (Wildman–Crippen LogP) is 9.08. The van der Waals surface area contributed by atoms with Crippen LogP contribution < -0.4 is 0 Å². The first-order chi connectivity index (χ1) is 15.6. The van der Waals surface area contributed by atoms with Gasteiger partial charge in [0.1, 0.15) is 6.10 Å². The Hall–Kier alpha value is -0.570. The molecule has 3 heteroatoms. The van der Waals surface area contributed by atoms with Crippen LogP contribution >= 0.6 is 0 Å². The molecule has 0 aliphatic heterocycles. The zero-order chi connectivity index (χ0) is 23.7. The van der Waals surface area contributed by atoms with Gasteiger partial charge in [0.05, 0.1) is 0 Å². The van der Waals surface area contributed by atoms with Gasteiger partial charge in [0.15, 0.2) is 0 Å². The molecule has 192 valence electrons. The highest BCUT2D eigenvalue weighted by atomic mass is 16.5. The van der Waals surface area contributed by atoms with Crippen LogP contribution in [0.1, 0.15) is 155 Å². The molecule has 1 atom stereocenters. The highest BCUT2D eigenvalue weighted by Gasteiger charge is 2.14. The van der Waals surface area contributed by atoms with Gasteiger partial charge in [-0.25, -0.2) is 0 Å². The van der Waals surface area contributed by atoms with Crippen LogP contribution in [0.15, 0.2) is 0 Å². The monoisotopic (exact) mass is 453 g/mol. The summed E-state index contributed by atoms with van der Waals surface area (Å²) in [6.45, 7) is 5.60. The van der Waals surface area contributed by atoms with Crippen molar-refractivity contribution in [3.8, 4) is 0 Å². The molecule has 1 unspecified atom stereocenters. The van der Waals surface area contributed by atoms with E-state index in [9.17, 15) is 4.79 Å². The average Bonchev–Trinajstić information content (AvgIpc) is 2.77. The Morgan fingerprint density at radius 1 is 0.594 bits per heavy atom. The molecule has 32 heavy (non-hydrogen) atoms. The van der Waals surface area contributed by atoms with Crippen molar-refractivity contribution < 1.29 is 9.53 Å². The number of hydrogen-bond donors (Lipinski definition) is 0. The second kappa shape index (κ2) is 25.1. The lowest BCUT2D eigenvalue weighted by Crippen LogP contribution is -2.19. The third-order valence-electron chi connectivity index (χ3n) is 6.54. The van der Waals surface area contributed by atoms with Crippen LogP contribution in [-0.2, 0) is 9.53 Å². The van der Waals surface area contributed by atoms with Crippen LogP contribution in [0, 0.1) is 0 Å². The van der Waals surface area contributed by atoms with Gasteiger partial charge in [-0.15, -0.1) is 0 Å². The summed E-state index contributed by atoms with van der Waals surface area (Å²) < 4.78 is 5.94. The molecule has 0 saturated heterocycles. The van der Waals surface area contributed by atoms with E-state index in [2.05, 4.69) is 32.8 Å². The van der Waals surface area contributed by atoms with E-state index < -0.39 is 0 Å². The molecule has 0 aliphatic carbocycles. The molecule has 0 heterocycles. The molecule has 0 bridgehead atoms. The molecule has 3 nitrogen and oxygen atoms in total. The molecule has 0 aromatic rings. The molecular weight excluding hydrogens is 394 g/mol. The predicted molar refractivity (Wildman–Crippen MR) is 141 cm³/mol. The SMILES string of the molecule is CCCCCCCCCCCC(CCCCCCCCCC)OC(=O)CCCCN(C)C. The molecule has 0 radical (unpaired) electrons. The number of ether oxygens (including phenoxy) is 1. The summed E-state index contributed by atoms with van der Waals surface area (Å²) in [7, 11) is 4.17. The summed E-state index contributed by atoms with van der Waals surface area (Å²) in [6.07, 6.45) is 27.7. The maximum Gasteiger partial charge on any atom is 0.306 e. The van der Waals surface area contributed by atoms with Gasteiger partial charge in [-0.1, -0.05) is 110 Å². The molecule has 0 saturated carbocycles. The summed E-state index contributed by atoms with van der Waals surface area (Å²) >= 11 is 0. The first kappa shape index (κ1) is 31.4. The molecule has 0 aliphatic rings. The largest absolute Gasteiger partial charge is 0.462 e. The van der Waals surface area contributed by atoms with Crippen LogP contribution in [-0.4, -0.2) is 37.6 Å². The van der Waals surface area contributed by atoms with Gasteiger partial charge in [0, 0.05) is 6.42 Å². The van der Waals surface area contributed by atoms with Crippen LogP contribution in [0.2, 0.25) is 0 Å². The number of hydrogen-bond acceptors (Lipinski definition) is 3. The lowest BCUT2D eigenvalue weighted by atomic mass is 10.0. The van der Waals surface area contributed by atoms with E-state index in [0.29, 0.717) is 6.42 Å². The zero-order valence-electron chi connectivity index (χ0n) is 22.6. The third kappa shape index (κ3) is 24.1. The highest BCUT2D eigenvalue weighted by Crippen LogP contribution is 2.18. The molecule has 0 N–H and O–H groups in total. The average molecular weight is 454 g/mol. The van der Waals surface area contributed by atoms with E-state index in [1.807, 2.05) is 0 Å². The third-order valence-corrected chi connectivity index (χ3v) is 6.54. The second-order valence-corrected chi connectivity index (χ2v) is 10.3. The van der Waals surface area contributed by atoms with E-state index in [-0.39, 0.29) is 12.1 Å². The van der Waals surface area contributed by atoms with E-state index in [0.717, 1.165) is 32.2 Å². The normalized spacial score (nSPS) is 12.4. The fraction of sp³-hybridized carbons (Fsp3) is 0.966. The standard InChI is InChI=1S/C29H59NO2/c1-5-7-9-11-13-15-17-19-21-25-28(24-20-18-16-14-12-10-8-6-2)32-29(31)26-22-23-27-30(3)4/h28H,5-27H2,1-4H3. The number of carbonyl (C=O) groups is 1. The van der Waals surface area contributed by atoms with E-state index in [1.165, 1.54) is 109 Å². The molecule has 0 spiro atoms. The fourth-order valence-corrected chi connectivity index (χ4v) is 4.39. The Labute approximate surface area is 202 Å². The Morgan fingerprint density at radius 3 is 1.41 bits per heavy atom. The number of unbranched alkanes of at least 4 members (excludes halogenated alkanes) is 16. The summed E-state index contributed by atoms with van der Waals surface area (Å²) in [4.78, 5) is 14.5. The van der Waals surface area contributed by atoms with Gasteiger partial charge < -0.3 is 9.64 Å². The van der Waals surface area contributed by atoms with Crippen molar-refractivity contribution in [1.29, 1.82) is 0 Å². The molecule has 0 fully saturated rings. The molecule has 0 aromatic carbocycles. The zero-order valence-corrected chi connectivity index (χ0v) is 22.6. The minimum atomic E-state index is 0.0317. The molecular formula is C29H59NO2. The first-order valence-electron chi connectivity index (χ1n) is 14.4. The highest BCUT2D eigenvalue weighted by molar-refractivity contribution is 5.69. The van der Waals surface area contributed by atoms with E-state index in [4.69, 9.17) is 4.74 Å². The lowest BCUT2D eigenvalue weighted by Gasteiger charge is -2.18. The Balaban J connectivity index is 4.03. The minimum absolute atomic E-state index is 0.0317. The minimum Gasteiger partial charge on any atom is -0.462 e. The Morgan fingerprint density at radius 2 is 1.00 bits per heavy atom. The van der Waals surface area contributed by atoms with Crippen molar-refractivity contribution in [1.82, 2.24) is 4.90 Å². The van der Waals surface area contributed by atoms with Crippen molar-refractivity contribution in [3.63, 3.8) is 0 Å². The maximum absolute atomic E-state index is 12.4. The van der Waals surface area contributed by atoms with Crippen molar-refractivity contribution in [3.05, 3.63) is 0 Å². The maximum atomic E-state index is 12.4. The lowest BCUT2D eigenvalue weighted by molar-refractivity contribution is -0.150. The molecule has 0 aromatic heterocycles. The number of rotatable bonds is 25. The smallest absolute Gasteiger partial charge is 0.306 e. The van der Waals surface area contributed by atoms with Gasteiger partial charge in [0.2, 0.25) is 0 Å². The quantitative estimate of drug-likeness (QED) is 0.102. The Bertz CT molecular complexity index is 383. The van der Waals surface area contributed by atoms with Gasteiger partial charge in [-0.3, -0.25) is 4.79 Å². The molecule has 0 rings (SSSR count). The summed E-state index contributed by atoms with van der Waals surface area (Å²) in [5, 5.41) is 0. The first-order valence-corrected chi connectivity index (χ1v) is 14.4. The van der Waals surface area contributed by atoms with Crippen molar-refractivity contribution in [2.24, 2.45) is 0 Å². The fourth-order valence-electron chi connectivity index (χ4n) is 4.39. The van der Waals surface area contributed by atoms with Crippen LogP contribution in [0.4, 0.5) is 0 Å². The second-order valence-electron chi connectivity index (χ2n) is 10.3. The van der Waals surface area contributed by atoms with Gasteiger partial charge in [0.25, 0.3) is 0 Å². The summed E-state index contributed by atoms with van der Waals surface area (Å²) in [6, 6.07) is 0. The van der Waals surface area contributed by atoms with E-state index in [1.54, 1.807) is 0 Å². The van der Waals surface area contributed by atoms with Gasteiger partial charge >= 0.3 is 5.97 Å². The number of esters is 1. The van der Waals surface area contributed by atoms with Crippen LogP contribution in [0.3, 0.4) is 0 Å². The summed E-state index contributed by atoms with van der Waals surface area (Å²) in [5.74, 6) is 0.0317. The van der Waals surface area contributed by atoms with Crippen molar-refractivity contribution >= 4 is 5.97 Å². The van der Waals surface area contributed by atoms with E-state index >= 15 is 0 Å². The van der Waals surface area contributed by atoms with Gasteiger partial charge in [-0.2, -0.15) is 0 Å². The van der Waals surface area contributed by atoms with Gasteiger partial charge in [-0.05, 0) is 59.2 Å². The van der Waals surface area contributed by atoms with Crippen molar-refractivity contribution in [2.45, 2.75) is 161 Å². The van der Waals surface area contributed by atoms with Crippen LogP contribution in [0.25, 0.3) is 0 Å². The van der Waals surface area contributed by atoms with Crippen molar-refractivity contribution in [2.75, 3.05) is 20.6 Å².